The number of benzene rings is 7. The number of unbranched alkanes of at least 4 members (excludes halogenated alkanes) is 6. The van der Waals surface area contributed by atoms with E-state index in [9.17, 15) is 19.2 Å². The zero-order valence-electron chi connectivity index (χ0n) is 45.1. The van der Waals surface area contributed by atoms with Gasteiger partial charge in [0.1, 0.15) is 59.2 Å². The third kappa shape index (κ3) is 17.7. The fourth-order valence-corrected chi connectivity index (χ4v) is 8.26. The van der Waals surface area contributed by atoms with Gasteiger partial charge in [0.05, 0.1) is 50.2 Å². The molecule has 0 aliphatic carbocycles. The lowest BCUT2D eigenvalue weighted by atomic mass is 10.1. The van der Waals surface area contributed by atoms with Gasteiger partial charge in [-0.05, 0) is 195 Å². The number of rotatable bonds is 31. The molecule has 0 aliphatic heterocycles. The Labute approximate surface area is 470 Å². The van der Waals surface area contributed by atoms with Crippen LogP contribution in [-0.2, 0) is 32.3 Å². The summed E-state index contributed by atoms with van der Waals surface area (Å²) in [5.41, 5.74) is 3.12. The van der Waals surface area contributed by atoms with E-state index in [4.69, 9.17) is 52.4 Å². The lowest BCUT2D eigenvalue weighted by Gasteiger charge is -2.14. The molecule has 0 amide bonds. The topological polar surface area (TPSA) is 173 Å². The van der Waals surface area contributed by atoms with Crippen LogP contribution in [0.3, 0.4) is 0 Å². The summed E-state index contributed by atoms with van der Waals surface area (Å²) in [6.45, 7) is 9.09. The minimum atomic E-state index is -0.492. The molecule has 7 aromatic carbocycles. The Balaban J connectivity index is 0.830. The standard InChI is InChI=1S/C66H63NO14/c1-4-62(68)75-40-12-8-6-10-38-73-51-24-30-54(31-25-51)80-65(70)48-18-14-46(15-19-48)44-77-56-34-36-58-59-37-35-57(43-61(59)67-64(60(58)42-56)79-53-28-22-50(72-3)23-29-53)78-45-47-16-20-49(21-17-47)66(71)81-55-32-26-52(27-33-55)74-39-11-7-9-13-41-76-63(69)5-2/h4-5,14-37,42-43H,1-2,6-13,38-41,44-45H2,3H3. The van der Waals surface area contributed by atoms with Crippen molar-refractivity contribution in [2.75, 3.05) is 33.5 Å². The minimum Gasteiger partial charge on any atom is -0.497 e. The average Bonchev–Trinajstić information content (AvgIpc) is 3.53. The monoisotopic (exact) mass is 1090 g/mol. The summed E-state index contributed by atoms with van der Waals surface area (Å²) in [4.78, 5) is 53.3. The Hall–Kier alpha value is -9.63. The van der Waals surface area contributed by atoms with Gasteiger partial charge < -0.3 is 47.4 Å². The second-order valence-electron chi connectivity index (χ2n) is 18.5. The maximum Gasteiger partial charge on any atom is 0.343 e. The molecule has 0 spiro atoms. The van der Waals surface area contributed by atoms with E-state index in [0.717, 1.165) is 90.8 Å². The van der Waals surface area contributed by atoms with Crippen molar-refractivity contribution < 1.29 is 66.5 Å². The molecule has 0 aliphatic rings. The van der Waals surface area contributed by atoms with Crippen molar-refractivity contribution in [3.63, 3.8) is 0 Å². The molecule has 1 aromatic heterocycles. The molecule has 0 unspecified atom stereocenters. The van der Waals surface area contributed by atoms with E-state index in [-0.39, 0.29) is 13.2 Å². The fraction of sp³-hybridized carbons (Fsp3) is 0.227. The van der Waals surface area contributed by atoms with Crippen molar-refractivity contribution in [1.82, 2.24) is 4.98 Å². The van der Waals surface area contributed by atoms with Crippen LogP contribution in [0.25, 0.3) is 21.7 Å². The number of aromatic nitrogens is 1. The summed E-state index contributed by atoms with van der Waals surface area (Å²) in [6, 6.07) is 46.7. The SMILES string of the molecule is C=CC(=O)OCCCCCCOc1ccc(OC(=O)c2ccc(COc3ccc4c(c3)nc(Oc3ccc(OC)cc3)c3cc(OCc5ccc(C(=O)Oc6ccc(OCCCCCCOC(=O)C=C)cc6)cc5)ccc34)cc2)cc1. The van der Waals surface area contributed by atoms with Crippen LogP contribution in [0.5, 0.6) is 51.9 Å². The highest BCUT2D eigenvalue weighted by Gasteiger charge is 2.16. The van der Waals surface area contributed by atoms with Crippen molar-refractivity contribution in [3.05, 3.63) is 205 Å². The van der Waals surface area contributed by atoms with Gasteiger partial charge in [-0.15, -0.1) is 0 Å². The molecule has 0 N–H and O–H groups in total. The van der Waals surface area contributed by atoms with Gasteiger partial charge in [0.25, 0.3) is 0 Å². The maximum atomic E-state index is 13.0. The van der Waals surface area contributed by atoms with Crippen LogP contribution < -0.4 is 37.9 Å². The van der Waals surface area contributed by atoms with Crippen LogP contribution in [-0.4, -0.2) is 62.4 Å². The number of esters is 4. The number of hydrogen-bond acceptors (Lipinski definition) is 15. The first-order chi connectivity index (χ1) is 39.6. The summed E-state index contributed by atoms with van der Waals surface area (Å²) in [6.07, 6.45) is 9.35. The number of methoxy groups -OCH3 is 1. The van der Waals surface area contributed by atoms with E-state index in [2.05, 4.69) is 13.2 Å². The summed E-state index contributed by atoms with van der Waals surface area (Å²) < 4.78 is 57.2. The number of carbonyl (C=O) groups excluding carboxylic acids is 4. The van der Waals surface area contributed by atoms with E-state index in [1.165, 1.54) is 0 Å². The smallest absolute Gasteiger partial charge is 0.343 e. The van der Waals surface area contributed by atoms with Gasteiger partial charge in [-0.1, -0.05) is 37.4 Å². The first-order valence-corrected chi connectivity index (χ1v) is 26.7. The summed E-state index contributed by atoms with van der Waals surface area (Å²) in [5.74, 6) is 3.14. The van der Waals surface area contributed by atoms with Gasteiger partial charge in [-0.25, -0.2) is 24.2 Å². The second kappa shape index (κ2) is 29.9. The number of hydrogen-bond donors (Lipinski definition) is 0. The highest BCUT2D eigenvalue weighted by Crippen LogP contribution is 2.37. The van der Waals surface area contributed by atoms with Crippen LogP contribution in [0.1, 0.15) is 83.2 Å². The van der Waals surface area contributed by atoms with Crippen molar-refractivity contribution in [3.8, 4) is 51.9 Å². The molecule has 8 aromatic rings. The largest absolute Gasteiger partial charge is 0.497 e. The van der Waals surface area contributed by atoms with Crippen LogP contribution in [0.15, 0.2) is 183 Å². The molecule has 0 saturated carbocycles. The van der Waals surface area contributed by atoms with Gasteiger partial charge in [-0.3, -0.25) is 0 Å². The number of ether oxygens (including phenoxy) is 10. The van der Waals surface area contributed by atoms with Gasteiger partial charge >= 0.3 is 23.9 Å². The highest BCUT2D eigenvalue weighted by atomic mass is 16.5. The lowest BCUT2D eigenvalue weighted by Crippen LogP contribution is -2.08. The highest BCUT2D eigenvalue weighted by molar-refractivity contribution is 6.08. The van der Waals surface area contributed by atoms with Crippen molar-refractivity contribution in [2.24, 2.45) is 0 Å². The Morgan fingerprint density at radius 2 is 0.815 bits per heavy atom. The first kappa shape index (κ1) is 57.5. The average molecular weight is 1090 g/mol. The van der Waals surface area contributed by atoms with Gasteiger partial charge in [0.15, 0.2) is 0 Å². The summed E-state index contributed by atoms with van der Waals surface area (Å²) in [5, 5.41) is 2.49. The van der Waals surface area contributed by atoms with Crippen molar-refractivity contribution >= 4 is 45.6 Å². The Morgan fingerprint density at radius 1 is 0.407 bits per heavy atom. The minimum absolute atomic E-state index is 0.228. The zero-order chi connectivity index (χ0) is 56.6. The number of pyridine rings is 1. The third-order valence-corrected chi connectivity index (χ3v) is 12.7. The molecule has 81 heavy (non-hydrogen) atoms. The fourth-order valence-electron chi connectivity index (χ4n) is 8.26. The summed E-state index contributed by atoms with van der Waals surface area (Å²) in [7, 11) is 1.60. The summed E-state index contributed by atoms with van der Waals surface area (Å²) >= 11 is 0. The molecule has 416 valence electrons. The normalized spacial score (nSPS) is 10.8. The molecule has 15 nitrogen and oxygen atoms in total. The molecule has 8 rings (SSSR count). The van der Waals surface area contributed by atoms with E-state index in [0.29, 0.717) is 94.9 Å². The van der Waals surface area contributed by atoms with E-state index < -0.39 is 23.9 Å². The molecule has 0 fully saturated rings. The molecule has 0 saturated heterocycles. The zero-order valence-corrected chi connectivity index (χ0v) is 45.1. The van der Waals surface area contributed by atoms with E-state index in [1.54, 1.807) is 79.9 Å². The number of carbonyl (C=O) groups is 4. The maximum absolute atomic E-state index is 13.0. The van der Waals surface area contributed by atoms with Crippen molar-refractivity contribution in [2.45, 2.75) is 64.6 Å². The molecule has 15 heteroatoms. The van der Waals surface area contributed by atoms with Crippen LogP contribution >= 0.6 is 0 Å². The quantitative estimate of drug-likeness (QED) is 0.0132. The Kier molecular flexibility index (Phi) is 21.3. The number of nitrogens with zero attached hydrogens (tertiary/aromatic N) is 1. The second-order valence-corrected chi connectivity index (χ2v) is 18.5. The Bertz CT molecular complexity index is 3380. The van der Waals surface area contributed by atoms with Gasteiger partial charge in [-0.2, -0.15) is 0 Å². The molecule has 0 bridgehead atoms. The van der Waals surface area contributed by atoms with Crippen LogP contribution in [0, 0.1) is 0 Å². The Morgan fingerprint density at radius 3 is 1.28 bits per heavy atom. The lowest BCUT2D eigenvalue weighted by molar-refractivity contribution is -0.138. The van der Waals surface area contributed by atoms with Crippen LogP contribution in [0.2, 0.25) is 0 Å². The van der Waals surface area contributed by atoms with Gasteiger partial charge in [0, 0.05) is 29.0 Å². The predicted octanol–water partition coefficient (Wildman–Crippen LogP) is 14.1. The van der Waals surface area contributed by atoms with E-state index >= 15 is 0 Å². The predicted molar refractivity (Wildman–Crippen MR) is 307 cm³/mol. The molecular weight excluding hydrogens is 1030 g/mol. The van der Waals surface area contributed by atoms with E-state index in [1.807, 2.05) is 84.9 Å². The molecule has 0 radical (unpaired) electrons. The third-order valence-electron chi connectivity index (χ3n) is 12.7. The van der Waals surface area contributed by atoms with Crippen LogP contribution in [0.4, 0.5) is 0 Å². The molecule has 1 heterocycles. The first-order valence-electron chi connectivity index (χ1n) is 26.7. The molecule has 0 atom stereocenters. The number of fused-ring (bicyclic) bond motifs is 3. The van der Waals surface area contributed by atoms with Gasteiger partial charge in [0.2, 0.25) is 5.88 Å². The molecular formula is C66H63NO14. The van der Waals surface area contributed by atoms with Crippen molar-refractivity contribution in [1.29, 1.82) is 0 Å².